The molecule has 0 aliphatic rings. The normalized spacial score (nSPS) is 10.1. The third-order valence-electron chi connectivity index (χ3n) is 2.64. The van der Waals surface area contributed by atoms with E-state index < -0.39 is 0 Å². The average molecular weight is 256 g/mol. The maximum atomic E-state index is 11.8. The lowest BCUT2D eigenvalue weighted by Gasteiger charge is -2.05. The zero-order valence-corrected chi connectivity index (χ0v) is 10.6. The van der Waals surface area contributed by atoms with Crippen molar-refractivity contribution in [3.8, 4) is 5.75 Å². The molecule has 0 unspecified atom stereocenters. The molecule has 2 rings (SSSR count). The SMILES string of the molecule is Nc1cc(CC(=O)CCOc2ccccc2)ccn1. The third-order valence-corrected chi connectivity index (χ3v) is 2.64. The largest absolute Gasteiger partial charge is 0.493 e. The Bertz CT molecular complexity index is 541. The zero-order chi connectivity index (χ0) is 13.5. The number of nitrogens with two attached hydrogens (primary N) is 1. The highest BCUT2D eigenvalue weighted by atomic mass is 16.5. The Morgan fingerprint density at radius 3 is 2.74 bits per heavy atom. The smallest absolute Gasteiger partial charge is 0.140 e. The number of hydrogen-bond donors (Lipinski definition) is 1. The van der Waals surface area contributed by atoms with Gasteiger partial charge in [-0.1, -0.05) is 18.2 Å². The van der Waals surface area contributed by atoms with Crippen LogP contribution in [0.4, 0.5) is 5.82 Å². The fraction of sp³-hybridized carbons (Fsp3) is 0.200. The summed E-state index contributed by atoms with van der Waals surface area (Å²) >= 11 is 0. The quantitative estimate of drug-likeness (QED) is 0.860. The van der Waals surface area contributed by atoms with Crippen LogP contribution >= 0.6 is 0 Å². The number of benzene rings is 1. The number of ketones is 1. The molecule has 0 saturated carbocycles. The van der Waals surface area contributed by atoms with Gasteiger partial charge in [0, 0.05) is 19.0 Å². The first-order valence-corrected chi connectivity index (χ1v) is 6.14. The van der Waals surface area contributed by atoms with Crippen LogP contribution in [0.15, 0.2) is 48.7 Å². The minimum Gasteiger partial charge on any atom is -0.493 e. The summed E-state index contributed by atoms with van der Waals surface area (Å²) in [6, 6.07) is 13.0. The Hall–Kier alpha value is -2.36. The molecule has 0 bridgehead atoms. The van der Waals surface area contributed by atoms with E-state index in [4.69, 9.17) is 10.5 Å². The van der Waals surface area contributed by atoms with E-state index >= 15 is 0 Å². The predicted molar refractivity (Wildman–Crippen MR) is 73.9 cm³/mol. The summed E-state index contributed by atoms with van der Waals surface area (Å²) < 4.78 is 5.48. The van der Waals surface area contributed by atoms with Crippen molar-refractivity contribution < 1.29 is 9.53 Å². The highest BCUT2D eigenvalue weighted by Gasteiger charge is 2.05. The second-order valence-electron chi connectivity index (χ2n) is 4.22. The molecular weight excluding hydrogens is 240 g/mol. The summed E-state index contributed by atoms with van der Waals surface area (Å²) in [6.07, 6.45) is 2.36. The van der Waals surface area contributed by atoms with Crippen molar-refractivity contribution in [1.82, 2.24) is 4.98 Å². The number of aromatic nitrogens is 1. The summed E-state index contributed by atoms with van der Waals surface area (Å²) in [5.74, 6) is 1.34. The molecule has 0 aliphatic carbocycles. The Kier molecular flexibility index (Phi) is 4.50. The molecule has 98 valence electrons. The lowest BCUT2D eigenvalue weighted by Crippen LogP contribution is -2.09. The number of ether oxygens (including phenoxy) is 1. The number of carbonyl (C=O) groups is 1. The fourth-order valence-corrected chi connectivity index (χ4v) is 1.72. The molecular formula is C15H16N2O2. The highest BCUT2D eigenvalue weighted by molar-refractivity contribution is 5.81. The van der Waals surface area contributed by atoms with Gasteiger partial charge in [-0.15, -0.1) is 0 Å². The molecule has 19 heavy (non-hydrogen) atoms. The van der Waals surface area contributed by atoms with Crippen LogP contribution in [-0.4, -0.2) is 17.4 Å². The molecule has 0 aliphatic heterocycles. The van der Waals surface area contributed by atoms with E-state index in [9.17, 15) is 4.79 Å². The van der Waals surface area contributed by atoms with Gasteiger partial charge in [0.1, 0.15) is 17.4 Å². The molecule has 1 aromatic carbocycles. The van der Waals surface area contributed by atoms with E-state index in [-0.39, 0.29) is 5.78 Å². The number of pyridine rings is 1. The summed E-state index contributed by atoms with van der Waals surface area (Å²) in [6.45, 7) is 0.392. The molecule has 0 amide bonds. The Labute approximate surface area is 112 Å². The van der Waals surface area contributed by atoms with E-state index in [1.165, 1.54) is 0 Å². The molecule has 1 aromatic heterocycles. The maximum absolute atomic E-state index is 11.8. The molecule has 0 fully saturated rings. The number of anilines is 1. The highest BCUT2D eigenvalue weighted by Crippen LogP contribution is 2.09. The summed E-state index contributed by atoms with van der Waals surface area (Å²) in [4.78, 5) is 15.7. The number of Topliss-reactive ketones (excluding diaryl/α,β-unsaturated/α-hetero) is 1. The molecule has 0 spiro atoms. The predicted octanol–water partition coefficient (Wildman–Crippen LogP) is 2.24. The standard InChI is InChI=1S/C15H16N2O2/c16-15-11-12(6-8-17-15)10-13(18)7-9-19-14-4-2-1-3-5-14/h1-6,8,11H,7,9-10H2,(H2,16,17). The van der Waals surface area contributed by atoms with Crippen LogP contribution in [0, 0.1) is 0 Å². The Morgan fingerprint density at radius 1 is 1.21 bits per heavy atom. The molecule has 2 N–H and O–H groups in total. The van der Waals surface area contributed by atoms with Gasteiger partial charge in [-0.25, -0.2) is 4.98 Å². The van der Waals surface area contributed by atoms with Crippen LogP contribution in [-0.2, 0) is 11.2 Å². The monoisotopic (exact) mass is 256 g/mol. The topological polar surface area (TPSA) is 65.2 Å². The Morgan fingerprint density at radius 2 is 2.00 bits per heavy atom. The first-order valence-electron chi connectivity index (χ1n) is 6.14. The first kappa shape index (κ1) is 13.1. The third kappa shape index (κ3) is 4.43. The molecule has 4 heteroatoms. The van der Waals surface area contributed by atoms with E-state index in [0.717, 1.165) is 11.3 Å². The molecule has 4 nitrogen and oxygen atoms in total. The van der Waals surface area contributed by atoms with Gasteiger partial charge in [-0.2, -0.15) is 0 Å². The first-order chi connectivity index (χ1) is 9.24. The molecule has 0 atom stereocenters. The van der Waals surface area contributed by atoms with Gasteiger partial charge in [0.25, 0.3) is 0 Å². The molecule has 1 heterocycles. The lowest BCUT2D eigenvalue weighted by atomic mass is 10.1. The number of carbonyl (C=O) groups excluding carboxylic acids is 1. The summed E-state index contributed by atoms with van der Waals surface area (Å²) in [5, 5.41) is 0. The molecule has 0 radical (unpaired) electrons. The van der Waals surface area contributed by atoms with Gasteiger partial charge < -0.3 is 10.5 Å². The van der Waals surface area contributed by atoms with Crippen LogP contribution in [0.25, 0.3) is 0 Å². The molecule has 2 aromatic rings. The van der Waals surface area contributed by atoms with E-state index in [0.29, 0.717) is 25.3 Å². The number of nitrogens with zero attached hydrogens (tertiary/aromatic N) is 1. The van der Waals surface area contributed by atoms with Gasteiger partial charge in [-0.05, 0) is 29.8 Å². The van der Waals surface area contributed by atoms with Gasteiger partial charge in [0.2, 0.25) is 0 Å². The van der Waals surface area contributed by atoms with Crippen molar-refractivity contribution >= 4 is 11.6 Å². The van der Waals surface area contributed by atoms with Crippen molar-refractivity contribution in [3.05, 3.63) is 54.2 Å². The second kappa shape index (κ2) is 6.54. The lowest BCUT2D eigenvalue weighted by molar-refractivity contribution is -0.118. The van der Waals surface area contributed by atoms with Crippen molar-refractivity contribution in [3.63, 3.8) is 0 Å². The van der Waals surface area contributed by atoms with Gasteiger partial charge in [0.15, 0.2) is 0 Å². The fourth-order valence-electron chi connectivity index (χ4n) is 1.72. The van der Waals surface area contributed by atoms with Crippen LogP contribution in [0.3, 0.4) is 0 Å². The number of para-hydroxylation sites is 1. The minimum absolute atomic E-state index is 0.126. The van der Waals surface area contributed by atoms with Gasteiger partial charge in [0.05, 0.1) is 6.61 Å². The maximum Gasteiger partial charge on any atom is 0.140 e. The average Bonchev–Trinajstić information content (AvgIpc) is 2.40. The number of rotatable bonds is 6. The van der Waals surface area contributed by atoms with Crippen molar-refractivity contribution in [2.75, 3.05) is 12.3 Å². The van der Waals surface area contributed by atoms with Crippen molar-refractivity contribution in [2.45, 2.75) is 12.8 Å². The van der Waals surface area contributed by atoms with Crippen LogP contribution < -0.4 is 10.5 Å². The van der Waals surface area contributed by atoms with E-state index in [2.05, 4.69) is 4.98 Å². The van der Waals surface area contributed by atoms with Gasteiger partial charge >= 0.3 is 0 Å². The van der Waals surface area contributed by atoms with Crippen LogP contribution in [0.1, 0.15) is 12.0 Å². The minimum atomic E-state index is 0.126. The van der Waals surface area contributed by atoms with Crippen LogP contribution in [0.5, 0.6) is 5.75 Å². The number of nitrogen functional groups attached to an aromatic ring is 1. The Balaban J connectivity index is 1.76. The van der Waals surface area contributed by atoms with Crippen LogP contribution in [0.2, 0.25) is 0 Å². The van der Waals surface area contributed by atoms with Crippen molar-refractivity contribution in [1.29, 1.82) is 0 Å². The zero-order valence-electron chi connectivity index (χ0n) is 10.6. The summed E-state index contributed by atoms with van der Waals surface area (Å²) in [7, 11) is 0. The van der Waals surface area contributed by atoms with E-state index in [1.807, 2.05) is 30.3 Å². The molecule has 0 saturated heterocycles. The van der Waals surface area contributed by atoms with Gasteiger partial charge in [-0.3, -0.25) is 4.79 Å². The second-order valence-corrected chi connectivity index (χ2v) is 4.22. The van der Waals surface area contributed by atoms with Crippen molar-refractivity contribution in [2.24, 2.45) is 0 Å². The number of hydrogen-bond acceptors (Lipinski definition) is 4. The summed E-state index contributed by atoms with van der Waals surface area (Å²) in [5.41, 5.74) is 6.45. The van der Waals surface area contributed by atoms with E-state index in [1.54, 1.807) is 18.3 Å².